The fourth-order valence-electron chi connectivity index (χ4n) is 3.23. The minimum Gasteiger partial charge on any atom is -0.424 e. The van der Waals surface area contributed by atoms with E-state index in [1.807, 2.05) is 37.4 Å². The molecule has 11 heteroatoms. The van der Waals surface area contributed by atoms with E-state index in [9.17, 15) is 8.42 Å². The van der Waals surface area contributed by atoms with E-state index in [-0.39, 0.29) is 15.9 Å². The van der Waals surface area contributed by atoms with Crippen LogP contribution in [0.4, 0.5) is 0 Å². The Balaban J connectivity index is 1.58. The molecule has 0 radical (unpaired) electrons. The zero-order valence-corrected chi connectivity index (χ0v) is 19.8. The van der Waals surface area contributed by atoms with Gasteiger partial charge in [-0.2, -0.15) is 0 Å². The third-order valence-corrected chi connectivity index (χ3v) is 7.22. The highest BCUT2D eigenvalue weighted by atomic mass is 79.9. The van der Waals surface area contributed by atoms with Crippen LogP contribution in [0.15, 0.2) is 58.0 Å². The summed E-state index contributed by atoms with van der Waals surface area (Å²) in [5.41, 5.74) is 0.938. The maximum absolute atomic E-state index is 12.8. The molecule has 31 heavy (non-hydrogen) atoms. The van der Waals surface area contributed by atoms with E-state index in [1.165, 1.54) is 12.1 Å². The third-order valence-electron chi connectivity index (χ3n) is 4.70. The molecule has 0 unspecified atom stereocenters. The Morgan fingerprint density at radius 2 is 2.03 bits per heavy atom. The second kappa shape index (κ2) is 8.62. The summed E-state index contributed by atoms with van der Waals surface area (Å²) in [6, 6.07) is 11.8. The average Bonchev–Trinajstić information content (AvgIpc) is 3.33. The van der Waals surface area contributed by atoms with Gasteiger partial charge in [-0.15, -0.1) is 5.10 Å². The van der Waals surface area contributed by atoms with Crippen LogP contribution in [0.2, 0.25) is 5.02 Å². The minimum atomic E-state index is -3.88. The van der Waals surface area contributed by atoms with Crippen LogP contribution in [-0.2, 0) is 16.6 Å². The molecule has 0 spiro atoms. The quantitative estimate of drug-likeness (QED) is 0.353. The molecule has 0 aliphatic heterocycles. The van der Waals surface area contributed by atoms with Crippen LogP contribution < -0.4 is 9.46 Å². The number of hydrogen-bond donors (Lipinski definition) is 2. The van der Waals surface area contributed by atoms with Crippen molar-refractivity contribution >= 4 is 48.5 Å². The zero-order valence-electron chi connectivity index (χ0n) is 16.6. The molecule has 162 valence electrons. The van der Waals surface area contributed by atoms with E-state index >= 15 is 0 Å². The molecule has 4 aromatic rings. The number of hydrogen-bond acceptors (Lipinski definition) is 5. The molecule has 2 aromatic carbocycles. The Bertz CT molecular complexity index is 1350. The van der Waals surface area contributed by atoms with Gasteiger partial charge < -0.3 is 9.72 Å². The van der Waals surface area contributed by atoms with Gasteiger partial charge in [0.25, 0.3) is 0 Å². The van der Waals surface area contributed by atoms with Crippen molar-refractivity contribution in [1.29, 1.82) is 0 Å². The van der Waals surface area contributed by atoms with Crippen molar-refractivity contribution in [2.24, 2.45) is 0 Å². The lowest BCUT2D eigenvalue weighted by molar-refractivity contribution is 0.408. The molecule has 2 heterocycles. The number of nitrogens with zero attached hydrogens (tertiary/aromatic N) is 3. The Hall–Kier alpha value is -2.40. The summed E-state index contributed by atoms with van der Waals surface area (Å²) in [4.78, 5) is 3.12. The molecular formula is C20H19BrClN5O3S. The number of aromatic amines is 1. The Morgan fingerprint density at radius 1 is 1.23 bits per heavy atom. The molecule has 4 rings (SSSR count). The highest BCUT2D eigenvalue weighted by Gasteiger charge is 2.25. The van der Waals surface area contributed by atoms with Crippen molar-refractivity contribution in [3.05, 3.63) is 64.0 Å². The molecule has 0 bridgehead atoms. The molecule has 2 aromatic heterocycles. The summed E-state index contributed by atoms with van der Waals surface area (Å²) in [6.45, 7) is 4.09. The van der Waals surface area contributed by atoms with Gasteiger partial charge in [0, 0.05) is 28.8 Å². The monoisotopic (exact) mass is 523 g/mol. The lowest BCUT2D eigenvalue weighted by Gasteiger charge is -2.16. The Morgan fingerprint density at radius 3 is 2.77 bits per heavy atom. The lowest BCUT2D eigenvalue weighted by Crippen LogP contribution is -2.29. The molecule has 0 aliphatic rings. The first-order chi connectivity index (χ1) is 14.8. The molecule has 0 aliphatic carbocycles. The number of nitrogens with one attached hydrogen (secondary N) is 2. The molecule has 8 nitrogen and oxygen atoms in total. The second-order valence-corrected chi connectivity index (χ2v) is 9.84. The fourth-order valence-corrected chi connectivity index (χ4v) is 5.47. The van der Waals surface area contributed by atoms with Gasteiger partial charge in [-0.3, -0.25) is 4.57 Å². The summed E-state index contributed by atoms with van der Waals surface area (Å²) in [5.74, 6) is 1.02. The highest BCUT2D eigenvalue weighted by Crippen LogP contribution is 2.28. The predicted octanol–water partition coefficient (Wildman–Crippen LogP) is 5.03. The standard InChI is InChI=1S/C20H19BrClN5O3S/c1-3-27-19(12(2)26-31(28,29)18-7-5-14(21)10-16(18)22)24-25-20(27)30-15-6-4-13-8-9-23-17(13)11-15/h4-12,23,26H,3H2,1-2H3/t12-/m1/s1. The Kier molecular flexibility index (Phi) is 6.07. The number of rotatable bonds is 7. The topological polar surface area (TPSA) is 102 Å². The summed E-state index contributed by atoms with van der Waals surface area (Å²) >= 11 is 9.40. The van der Waals surface area contributed by atoms with Gasteiger partial charge in [-0.1, -0.05) is 32.6 Å². The number of aromatic nitrogens is 4. The van der Waals surface area contributed by atoms with Crippen LogP contribution >= 0.6 is 27.5 Å². The molecule has 2 N–H and O–H groups in total. The maximum Gasteiger partial charge on any atom is 0.322 e. The van der Waals surface area contributed by atoms with E-state index in [1.54, 1.807) is 17.6 Å². The van der Waals surface area contributed by atoms with E-state index in [2.05, 4.69) is 35.8 Å². The van der Waals surface area contributed by atoms with Crippen molar-refractivity contribution in [1.82, 2.24) is 24.5 Å². The third kappa shape index (κ3) is 4.47. The van der Waals surface area contributed by atoms with Crippen molar-refractivity contribution in [2.75, 3.05) is 0 Å². The van der Waals surface area contributed by atoms with Gasteiger partial charge in [-0.25, -0.2) is 13.1 Å². The van der Waals surface area contributed by atoms with Crippen LogP contribution in [0, 0.1) is 0 Å². The number of H-pyrrole nitrogens is 1. The van der Waals surface area contributed by atoms with Crippen molar-refractivity contribution in [3.8, 4) is 11.8 Å². The number of fused-ring (bicyclic) bond motifs is 1. The normalized spacial score (nSPS) is 12.9. The van der Waals surface area contributed by atoms with Crippen molar-refractivity contribution in [3.63, 3.8) is 0 Å². The summed E-state index contributed by atoms with van der Waals surface area (Å²) in [7, 11) is -3.88. The van der Waals surface area contributed by atoms with Gasteiger partial charge in [-0.05, 0) is 55.6 Å². The van der Waals surface area contributed by atoms with E-state index in [0.29, 0.717) is 22.6 Å². The summed E-state index contributed by atoms with van der Waals surface area (Å²) < 4.78 is 36.6. The van der Waals surface area contributed by atoms with E-state index in [0.717, 1.165) is 10.9 Å². The first kappa shape index (κ1) is 21.8. The summed E-state index contributed by atoms with van der Waals surface area (Å²) in [5, 5.41) is 9.47. The molecule has 1 atom stereocenters. The molecule has 0 saturated carbocycles. The summed E-state index contributed by atoms with van der Waals surface area (Å²) in [6.07, 6.45) is 1.85. The van der Waals surface area contributed by atoms with Crippen LogP contribution in [0.1, 0.15) is 25.7 Å². The minimum absolute atomic E-state index is 0.0116. The molecule has 0 amide bonds. The molecular weight excluding hydrogens is 506 g/mol. The van der Waals surface area contributed by atoms with E-state index < -0.39 is 16.1 Å². The molecule has 0 saturated heterocycles. The second-order valence-electron chi connectivity index (χ2n) is 6.83. The first-order valence-electron chi connectivity index (χ1n) is 9.44. The lowest BCUT2D eigenvalue weighted by atomic mass is 10.2. The van der Waals surface area contributed by atoms with Gasteiger partial charge in [0.2, 0.25) is 10.0 Å². The van der Waals surface area contributed by atoms with Crippen LogP contribution in [-0.4, -0.2) is 28.2 Å². The number of ether oxygens (including phenoxy) is 1. The molecule has 0 fully saturated rings. The number of benzene rings is 2. The van der Waals surface area contributed by atoms with Gasteiger partial charge in [0.05, 0.1) is 11.1 Å². The van der Waals surface area contributed by atoms with Crippen LogP contribution in [0.3, 0.4) is 0 Å². The Labute approximate surface area is 192 Å². The van der Waals surface area contributed by atoms with Gasteiger partial charge in [0.15, 0.2) is 5.82 Å². The smallest absolute Gasteiger partial charge is 0.322 e. The fraction of sp³-hybridized carbons (Fsp3) is 0.200. The van der Waals surface area contributed by atoms with Crippen molar-refractivity contribution < 1.29 is 13.2 Å². The number of halogens is 2. The van der Waals surface area contributed by atoms with Gasteiger partial charge in [0.1, 0.15) is 10.6 Å². The first-order valence-corrected chi connectivity index (χ1v) is 12.1. The maximum atomic E-state index is 12.8. The zero-order chi connectivity index (χ0) is 22.2. The van der Waals surface area contributed by atoms with Crippen molar-refractivity contribution in [2.45, 2.75) is 31.3 Å². The van der Waals surface area contributed by atoms with Crippen LogP contribution in [0.25, 0.3) is 10.9 Å². The van der Waals surface area contributed by atoms with Crippen LogP contribution in [0.5, 0.6) is 11.8 Å². The largest absolute Gasteiger partial charge is 0.424 e. The average molecular weight is 525 g/mol. The SMILES string of the molecule is CCn1c(Oc2ccc3cc[nH]c3c2)nnc1[C@@H](C)NS(=O)(=O)c1ccc(Br)cc1Cl. The van der Waals surface area contributed by atoms with E-state index in [4.69, 9.17) is 16.3 Å². The highest BCUT2D eigenvalue weighted by molar-refractivity contribution is 9.10. The number of sulfonamides is 1. The predicted molar refractivity (Wildman–Crippen MR) is 122 cm³/mol. The van der Waals surface area contributed by atoms with Gasteiger partial charge >= 0.3 is 6.01 Å².